The van der Waals surface area contributed by atoms with Crippen LogP contribution in [0.4, 0.5) is 0 Å². The molecule has 0 saturated carbocycles. The standard InChI is InChI=1S/C41H69N5O7/c1-14-27(6)37(45(11)41(51)35(25(2)3)43-40(50)36(26(4)5)44(9)10)33(52-12)24-34(48)46-22-18-21-32(46)38(53-13)28(7)39(49)42-31(29(8)47)23-30-19-16-15-17-20-30/h15-17,19-20,25-28,31-33,35-38H,14,18,21-24H2,1-13H3,(H,42,49)(H,43,50)/t27-,28+,31-,32-,33+,35-,36-,37-,38?/m0/s1. The van der Waals surface area contributed by atoms with Crippen LogP contribution in [0.5, 0.6) is 0 Å². The van der Waals surface area contributed by atoms with Gasteiger partial charge in [-0.05, 0) is 63.6 Å². The van der Waals surface area contributed by atoms with Crippen LogP contribution in [-0.2, 0) is 39.9 Å². The van der Waals surface area contributed by atoms with E-state index in [0.29, 0.717) is 19.4 Å². The first-order valence-corrected chi connectivity index (χ1v) is 19.3. The molecule has 0 bridgehead atoms. The predicted molar refractivity (Wildman–Crippen MR) is 208 cm³/mol. The van der Waals surface area contributed by atoms with Gasteiger partial charge in [-0.15, -0.1) is 0 Å². The number of ketones is 1. The molecule has 53 heavy (non-hydrogen) atoms. The van der Waals surface area contributed by atoms with Gasteiger partial charge < -0.3 is 29.9 Å². The second kappa shape index (κ2) is 21.5. The van der Waals surface area contributed by atoms with Gasteiger partial charge in [-0.3, -0.25) is 28.9 Å². The van der Waals surface area contributed by atoms with E-state index in [0.717, 1.165) is 18.4 Å². The lowest BCUT2D eigenvalue weighted by molar-refractivity contribution is -0.148. The molecule has 12 heteroatoms. The van der Waals surface area contributed by atoms with Crippen LogP contribution < -0.4 is 10.6 Å². The van der Waals surface area contributed by atoms with Crippen LogP contribution in [0.25, 0.3) is 0 Å². The highest BCUT2D eigenvalue weighted by Gasteiger charge is 2.43. The SMILES string of the molecule is CC[C@H](C)[C@@H]([C@@H](CC(=O)N1CCC[C@H]1C(OC)[C@@H](C)C(=O)N[C@@H](Cc1ccccc1)C(C)=O)OC)N(C)C(=O)[C@@H](NC(=O)[C@H](C(C)C)N(C)C)C(C)C. The van der Waals surface area contributed by atoms with Crippen molar-refractivity contribution in [2.45, 2.75) is 130 Å². The molecule has 0 aliphatic carbocycles. The van der Waals surface area contributed by atoms with Crippen molar-refractivity contribution in [2.24, 2.45) is 23.7 Å². The molecule has 9 atom stereocenters. The molecular formula is C41H69N5O7. The Morgan fingerprint density at radius 3 is 2.00 bits per heavy atom. The number of methoxy groups -OCH3 is 2. The lowest BCUT2D eigenvalue weighted by atomic mass is 9.89. The minimum absolute atomic E-state index is 0.0227. The van der Waals surface area contributed by atoms with E-state index < -0.39 is 42.3 Å². The number of likely N-dealkylation sites (tertiary alicyclic amines) is 1. The van der Waals surface area contributed by atoms with Crippen molar-refractivity contribution in [3.63, 3.8) is 0 Å². The van der Waals surface area contributed by atoms with Crippen molar-refractivity contribution >= 4 is 29.4 Å². The van der Waals surface area contributed by atoms with Gasteiger partial charge >= 0.3 is 0 Å². The maximum atomic E-state index is 14.2. The number of ether oxygens (including phenoxy) is 2. The van der Waals surface area contributed by atoms with Crippen LogP contribution in [0.2, 0.25) is 0 Å². The Balaban J connectivity index is 2.27. The van der Waals surface area contributed by atoms with E-state index in [-0.39, 0.29) is 59.6 Å². The zero-order valence-corrected chi connectivity index (χ0v) is 34.7. The number of likely N-dealkylation sites (N-methyl/N-ethyl adjacent to an activating group) is 2. The number of nitrogens with zero attached hydrogens (tertiary/aromatic N) is 3. The number of hydrogen-bond acceptors (Lipinski definition) is 8. The molecule has 1 aromatic carbocycles. The molecule has 0 aromatic heterocycles. The lowest BCUT2D eigenvalue weighted by Gasteiger charge is -2.41. The van der Waals surface area contributed by atoms with Gasteiger partial charge in [0.25, 0.3) is 0 Å². The quantitative estimate of drug-likeness (QED) is 0.193. The van der Waals surface area contributed by atoms with Gasteiger partial charge in [0.2, 0.25) is 23.6 Å². The first-order valence-electron chi connectivity index (χ1n) is 19.3. The molecular weight excluding hydrogens is 674 g/mol. The third-order valence-electron chi connectivity index (χ3n) is 11.0. The number of carbonyl (C=O) groups is 5. The molecule has 12 nitrogen and oxygen atoms in total. The molecule has 4 amide bonds. The zero-order valence-electron chi connectivity index (χ0n) is 34.7. The number of hydrogen-bond donors (Lipinski definition) is 2. The Morgan fingerprint density at radius 1 is 0.887 bits per heavy atom. The molecule has 1 heterocycles. The summed E-state index contributed by atoms with van der Waals surface area (Å²) in [6, 6.07) is 6.90. The molecule has 0 spiro atoms. The van der Waals surface area contributed by atoms with Crippen molar-refractivity contribution in [2.75, 3.05) is 41.9 Å². The highest BCUT2D eigenvalue weighted by molar-refractivity contribution is 5.90. The van der Waals surface area contributed by atoms with Gasteiger partial charge in [0.15, 0.2) is 5.78 Å². The monoisotopic (exact) mass is 744 g/mol. The van der Waals surface area contributed by atoms with Crippen molar-refractivity contribution in [3.8, 4) is 0 Å². The van der Waals surface area contributed by atoms with Crippen LogP contribution in [0, 0.1) is 23.7 Å². The number of nitrogens with one attached hydrogen (secondary N) is 2. The van der Waals surface area contributed by atoms with E-state index in [1.165, 1.54) is 6.92 Å². The molecule has 1 aromatic rings. The average molecular weight is 744 g/mol. The normalized spacial score (nSPS) is 19.2. The maximum absolute atomic E-state index is 14.2. The first-order chi connectivity index (χ1) is 24.9. The van der Waals surface area contributed by atoms with Crippen LogP contribution >= 0.6 is 0 Å². The highest BCUT2D eigenvalue weighted by Crippen LogP contribution is 2.30. The third kappa shape index (κ3) is 12.3. The van der Waals surface area contributed by atoms with Gasteiger partial charge in [-0.1, -0.05) is 85.2 Å². The lowest BCUT2D eigenvalue weighted by Crippen LogP contribution is -2.59. The summed E-state index contributed by atoms with van der Waals surface area (Å²) in [5, 5.41) is 5.97. The summed E-state index contributed by atoms with van der Waals surface area (Å²) in [6.07, 6.45) is 1.32. The maximum Gasteiger partial charge on any atom is 0.245 e. The van der Waals surface area contributed by atoms with E-state index in [1.54, 1.807) is 38.0 Å². The van der Waals surface area contributed by atoms with E-state index in [2.05, 4.69) is 10.6 Å². The summed E-state index contributed by atoms with van der Waals surface area (Å²) >= 11 is 0. The van der Waals surface area contributed by atoms with E-state index >= 15 is 0 Å². The fourth-order valence-corrected chi connectivity index (χ4v) is 7.86. The van der Waals surface area contributed by atoms with Crippen molar-refractivity contribution in [1.29, 1.82) is 0 Å². The van der Waals surface area contributed by atoms with Crippen molar-refractivity contribution in [3.05, 3.63) is 35.9 Å². The third-order valence-corrected chi connectivity index (χ3v) is 11.0. The average Bonchev–Trinajstić information content (AvgIpc) is 3.59. The van der Waals surface area contributed by atoms with Crippen LogP contribution in [-0.4, -0.2) is 128 Å². The smallest absolute Gasteiger partial charge is 0.245 e. The minimum atomic E-state index is -0.762. The van der Waals surface area contributed by atoms with Crippen LogP contribution in [0.3, 0.4) is 0 Å². The molecule has 1 aliphatic heterocycles. The summed E-state index contributed by atoms with van der Waals surface area (Å²) in [6.45, 7) is 15.6. The Kier molecular flexibility index (Phi) is 18.6. The molecule has 1 fully saturated rings. The number of Topliss-reactive ketones (excluding diaryl/α,β-unsaturated/α-hetero) is 1. The second-order valence-electron chi connectivity index (χ2n) is 15.8. The highest BCUT2D eigenvalue weighted by atomic mass is 16.5. The molecule has 1 unspecified atom stereocenters. The summed E-state index contributed by atoms with van der Waals surface area (Å²) in [5.41, 5.74) is 0.945. The van der Waals surface area contributed by atoms with Gasteiger partial charge in [0, 0.05) is 27.8 Å². The number of benzene rings is 1. The summed E-state index contributed by atoms with van der Waals surface area (Å²) in [7, 11) is 8.55. The Bertz CT molecular complexity index is 1330. The van der Waals surface area contributed by atoms with Gasteiger partial charge in [0.05, 0.1) is 48.7 Å². The fourth-order valence-electron chi connectivity index (χ4n) is 7.86. The summed E-state index contributed by atoms with van der Waals surface area (Å²) in [5.74, 6) is -1.82. The van der Waals surface area contributed by atoms with Gasteiger partial charge in [-0.2, -0.15) is 0 Å². The Labute approximate surface area is 319 Å². The molecule has 1 saturated heterocycles. The summed E-state index contributed by atoms with van der Waals surface area (Å²) in [4.78, 5) is 73.2. The van der Waals surface area contributed by atoms with E-state index in [4.69, 9.17) is 9.47 Å². The first kappa shape index (κ1) is 45.8. The number of carbonyl (C=O) groups excluding carboxylic acids is 5. The van der Waals surface area contributed by atoms with Crippen molar-refractivity contribution in [1.82, 2.24) is 25.3 Å². The molecule has 2 rings (SSSR count). The zero-order chi connectivity index (χ0) is 40.2. The second-order valence-corrected chi connectivity index (χ2v) is 15.8. The van der Waals surface area contributed by atoms with Gasteiger partial charge in [0.1, 0.15) is 6.04 Å². The van der Waals surface area contributed by atoms with Crippen molar-refractivity contribution < 1.29 is 33.4 Å². The molecule has 2 N–H and O–H groups in total. The minimum Gasteiger partial charge on any atom is -0.379 e. The van der Waals surface area contributed by atoms with E-state index in [9.17, 15) is 24.0 Å². The Morgan fingerprint density at radius 2 is 1.51 bits per heavy atom. The Hall–Kier alpha value is -3.35. The molecule has 300 valence electrons. The summed E-state index contributed by atoms with van der Waals surface area (Å²) < 4.78 is 11.9. The largest absolute Gasteiger partial charge is 0.379 e. The van der Waals surface area contributed by atoms with Crippen LogP contribution in [0.1, 0.15) is 86.6 Å². The predicted octanol–water partition coefficient (Wildman–Crippen LogP) is 3.95. The van der Waals surface area contributed by atoms with E-state index in [1.807, 2.05) is 90.9 Å². The molecule has 1 aliphatic rings. The number of amides is 4. The topological polar surface area (TPSA) is 138 Å². The van der Waals surface area contributed by atoms with Gasteiger partial charge in [-0.25, -0.2) is 0 Å². The fraction of sp³-hybridized carbons (Fsp3) is 0.732. The van der Waals surface area contributed by atoms with Crippen LogP contribution in [0.15, 0.2) is 30.3 Å². The number of rotatable bonds is 21. The molecule has 0 radical (unpaired) electrons.